The number of nitrogens with two attached hydrogens (primary N) is 1. The summed E-state index contributed by atoms with van der Waals surface area (Å²) in [5.41, 5.74) is 5.61. The number of nitrogens with one attached hydrogen (secondary N) is 1. The van der Waals surface area contributed by atoms with Crippen LogP contribution in [0.2, 0.25) is 0 Å². The Balaban J connectivity index is 2.95. The van der Waals surface area contributed by atoms with Crippen molar-refractivity contribution in [2.45, 2.75) is 18.7 Å². The molecule has 1 atom stereocenters. The zero-order chi connectivity index (χ0) is 14.6. The molecule has 0 bridgehead atoms. The van der Waals surface area contributed by atoms with Gasteiger partial charge >= 0.3 is 0 Å². The Morgan fingerprint density at radius 1 is 1.47 bits per heavy atom. The monoisotopic (exact) mass is 290 g/mol. The number of hydrogen-bond acceptors (Lipinski definition) is 4. The van der Waals surface area contributed by atoms with Gasteiger partial charge in [0.05, 0.1) is 4.90 Å². The van der Waals surface area contributed by atoms with Gasteiger partial charge in [0.2, 0.25) is 10.0 Å². The van der Waals surface area contributed by atoms with Gasteiger partial charge in [-0.25, -0.2) is 17.5 Å². The number of anilines is 1. The molecule has 0 radical (unpaired) electrons. The molecule has 0 aliphatic heterocycles. The van der Waals surface area contributed by atoms with Gasteiger partial charge in [-0.15, -0.1) is 0 Å². The molecule has 0 fully saturated rings. The smallest absolute Gasteiger partial charge is 0.241 e. The molecule has 108 valence electrons. The van der Waals surface area contributed by atoms with Crippen LogP contribution in [0.1, 0.15) is 12.5 Å². The van der Waals surface area contributed by atoms with Crippen molar-refractivity contribution in [3.05, 3.63) is 23.5 Å². The molecule has 0 heterocycles. The molecule has 0 aromatic heterocycles. The van der Waals surface area contributed by atoms with Crippen molar-refractivity contribution in [1.82, 2.24) is 4.72 Å². The van der Waals surface area contributed by atoms with Crippen LogP contribution in [0.4, 0.5) is 10.1 Å². The summed E-state index contributed by atoms with van der Waals surface area (Å²) < 4.78 is 45.0. The molecule has 0 amide bonds. The van der Waals surface area contributed by atoms with Gasteiger partial charge in [-0.3, -0.25) is 0 Å². The Labute approximate surface area is 113 Å². The Morgan fingerprint density at radius 2 is 2.11 bits per heavy atom. The third-order valence-corrected chi connectivity index (χ3v) is 4.23. The van der Waals surface area contributed by atoms with E-state index in [2.05, 4.69) is 4.72 Å². The van der Waals surface area contributed by atoms with Gasteiger partial charge in [-0.1, -0.05) is 6.92 Å². The standard InChI is InChI=1S/C12H19FN2O3S/c1-8(7-18-3)6-15-19(16,17)12-5-10(14)4-11(13)9(12)2/h4-5,8,15H,6-7,14H2,1-3H3. The van der Waals surface area contributed by atoms with E-state index in [4.69, 9.17) is 10.5 Å². The van der Waals surface area contributed by atoms with E-state index in [9.17, 15) is 12.8 Å². The SMILES string of the molecule is COCC(C)CNS(=O)(=O)c1cc(N)cc(F)c1C. The number of hydrogen-bond donors (Lipinski definition) is 2. The second-order valence-electron chi connectivity index (χ2n) is 4.54. The summed E-state index contributed by atoms with van der Waals surface area (Å²) in [6.45, 7) is 3.90. The third kappa shape index (κ3) is 4.15. The molecular weight excluding hydrogens is 271 g/mol. The van der Waals surface area contributed by atoms with E-state index < -0.39 is 15.8 Å². The molecule has 7 heteroatoms. The van der Waals surface area contributed by atoms with Crippen LogP contribution in [0.5, 0.6) is 0 Å². The van der Waals surface area contributed by atoms with Gasteiger partial charge in [-0.05, 0) is 25.0 Å². The van der Waals surface area contributed by atoms with Gasteiger partial charge in [-0.2, -0.15) is 0 Å². The fourth-order valence-electron chi connectivity index (χ4n) is 1.63. The number of sulfonamides is 1. The van der Waals surface area contributed by atoms with Crippen molar-refractivity contribution in [2.24, 2.45) is 5.92 Å². The maximum absolute atomic E-state index is 13.5. The van der Waals surface area contributed by atoms with E-state index in [1.54, 1.807) is 7.11 Å². The summed E-state index contributed by atoms with van der Waals surface area (Å²) in [5.74, 6) is -0.615. The van der Waals surface area contributed by atoms with Crippen molar-refractivity contribution in [2.75, 3.05) is 26.0 Å². The molecule has 1 aromatic rings. The van der Waals surface area contributed by atoms with Crippen LogP contribution in [0.3, 0.4) is 0 Å². The minimum atomic E-state index is -3.77. The summed E-state index contributed by atoms with van der Waals surface area (Å²) >= 11 is 0. The molecule has 19 heavy (non-hydrogen) atoms. The molecule has 5 nitrogen and oxygen atoms in total. The van der Waals surface area contributed by atoms with E-state index in [-0.39, 0.29) is 28.6 Å². The minimum Gasteiger partial charge on any atom is -0.399 e. The van der Waals surface area contributed by atoms with Gasteiger partial charge in [0, 0.05) is 31.5 Å². The van der Waals surface area contributed by atoms with Crippen molar-refractivity contribution >= 4 is 15.7 Å². The lowest BCUT2D eigenvalue weighted by molar-refractivity contribution is 0.161. The lowest BCUT2D eigenvalue weighted by atomic mass is 10.2. The summed E-state index contributed by atoms with van der Waals surface area (Å²) in [6.07, 6.45) is 0. The first-order valence-corrected chi connectivity index (χ1v) is 7.30. The molecule has 0 saturated carbocycles. The summed E-state index contributed by atoms with van der Waals surface area (Å²) in [5, 5.41) is 0. The van der Waals surface area contributed by atoms with Crippen LogP contribution in [-0.2, 0) is 14.8 Å². The highest BCUT2D eigenvalue weighted by Gasteiger charge is 2.20. The average molecular weight is 290 g/mol. The summed E-state index contributed by atoms with van der Waals surface area (Å²) in [6, 6.07) is 2.35. The van der Waals surface area contributed by atoms with Crippen molar-refractivity contribution in [3.8, 4) is 0 Å². The second kappa shape index (κ2) is 6.31. The number of rotatable bonds is 6. The van der Waals surface area contributed by atoms with Crippen molar-refractivity contribution < 1.29 is 17.5 Å². The first kappa shape index (κ1) is 15.9. The Bertz CT molecular complexity index is 546. The highest BCUT2D eigenvalue weighted by molar-refractivity contribution is 7.89. The van der Waals surface area contributed by atoms with Crippen LogP contribution in [0, 0.1) is 18.7 Å². The molecule has 1 aromatic carbocycles. The normalized spacial score (nSPS) is 13.5. The lowest BCUT2D eigenvalue weighted by Crippen LogP contribution is -2.30. The molecule has 0 aliphatic rings. The average Bonchev–Trinajstić information content (AvgIpc) is 2.31. The molecule has 1 rings (SSSR count). The highest BCUT2D eigenvalue weighted by Crippen LogP contribution is 2.21. The number of halogens is 1. The quantitative estimate of drug-likeness (QED) is 0.773. The predicted molar refractivity (Wildman–Crippen MR) is 71.8 cm³/mol. The first-order chi connectivity index (χ1) is 8.77. The number of methoxy groups -OCH3 is 1. The Morgan fingerprint density at radius 3 is 2.68 bits per heavy atom. The van der Waals surface area contributed by atoms with Crippen LogP contribution >= 0.6 is 0 Å². The van der Waals surface area contributed by atoms with Gasteiger partial charge in [0.25, 0.3) is 0 Å². The summed E-state index contributed by atoms with van der Waals surface area (Å²) in [7, 11) is -2.23. The van der Waals surface area contributed by atoms with E-state index in [0.717, 1.165) is 6.07 Å². The maximum atomic E-state index is 13.5. The maximum Gasteiger partial charge on any atom is 0.241 e. The zero-order valence-corrected chi connectivity index (χ0v) is 12.1. The third-order valence-electron chi connectivity index (χ3n) is 2.68. The Hall–Kier alpha value is -1.18. The first-order valence-electron chi connectivity index (χ1n) is 5.82. The largest absolute Gasteiger partial charge is 0.399 e. The molecule has 0 saturated heterocycles. The molecule has 3 N–H and O–H groups in total. The predicted octanol–water partition coefficient (Wildman–Crippen LogP) is 1.28. The molecule has 0 spiro atoms. The van der Waals surface area contributed by atoms with Crippen molar-refractivity contribution in [3.63, 3.8) is 0 Å². The fraction of sp³-hybridized carbons (Fsp3) is 0.500. The number of ether oxygens (including phenoxy) is 1. The van der Waals surface area contributed by atoms with E-state index >= 15 is 0 Å². The topological polar surface area (TPSA) is 81.4 Å². The molecule has 0 aliphatic carbocycles. The van der Waals surface area contributed by atoms with Crippen LogP contribution < -0.4 is 10.5 Å². The molecule has 1 unspecified atom stereocenters. The number of benzene rings is 1. The van der Waals surface area contributed by atoms with Crippen molar-refractivity contribution in [1.29, 1.82) is 0 Å². The highest BCUT2D eigenvalue weighted by atomic mass is 32.2. The second-order valence-corrected chi connectivity index (χ2v) is 6.27. The summed E-state index contributed by atoms with van der Waals surface area (Å²) in [4.78, 5) is -0.130. The minimum absolute atomic E-state index is 0.0194. The van der Waals surface area contributed by atoms with Gasteiger partial charge in [0.15, 0.2) is 0 Å². The van der Waals surface area contributed by atoms with Crippen LogP contribution in [0.15, 0.2) is 17.0 Å². The lowest BCUT2D eigenvalue weighted by Gasteiger charge is -2.14. The van der Waals surface area contributed by atoms with Crippen LogP contribution in [0.25, 0.3) is 0 Å². The van der Waals surface area contributed by atoms with E-state index in [1.165, 1.54) is 13.0 Å². The Kier molecular flexibility index (Phi) is 5.28. The van der Waals surface area contributed by atoms with Gasteiger partial charge in [0.1, 0.15) is 5.82 Å². The van der Waals surface area contributed by atoms with Crippen LogP contribution in [-0.4, -0.2) is 28.7 Å². The van der Waals surface area contributed by atoms with Gasteiger partial charge < -0.3 is 10.5 Å². The van der Waals surface area contributed by atoms with E-state index in [0.29, 0.717) is 6.61 Å². The number of nitrogen functional groups attached to an aromatic ring is 1. The van der Waals surface area contributed by atoms with E-state index in [1.807, 2.05) is 6.92 Å². The zero-order valence-electron chi connectivity index (χ0n) is 11.2. The molecular formula is C12H19FN2O3S. The fourth-order valence-corrected chi connectivity index (χ4v) is 3.08.